The molecule has 31 heavy (non-hydrogen) atoms. The molecule has 1 saturated heterocycles. The lowest BCUT2D eigenvalue weighted by Gasteiger charge is -2.32. The molecule has 4 rings (SSSR count). The second-order valence-corrected chi connectivity index (χ2v) is 7.11. The number of carbonyl (C=O) groups excluding carboxylic acids is 2. The Bertz CT molecular complexity index is 1210. The maximum atomic E-state index is 12.2. The lowest BCUT2D eigenvalue weighted by atomic mass is 10.1. The highest BCUT2D eigenvalue weighted by molar-refractivity contribution is 6.05. The van der Waals surface area contributed by atoms with Gasteiger partial charge in [-0.25, -0.2) is 14.6 Å². The quantitative estimate of drug-likeness (QED) is 0.497. The van der Waals surface area contributed by atoms with E-state index in [2.05, 4.69) is 38.8 Å². The third kappa shape index (κ3) is 4.23. The number of nitrogen functional groups attached to an aromatic ring is 1. The van der Waals surface area contributed by atoms with Crippen molar-refractivity contribution in [3.63, 3.8) is 0 Å². The van der Waals surface area contributed by atoms with Gasteiger partial charge in [-0.1, -0.05) is 24.8 Å². The van der Waals surface area contributed by atoms with Crippen LogP contribution in [0.4, 0.5) is 11.5 Å². The number of benzene rings is 1. The predicted octanol–water partition coefficient (Wildman–Crippen LogP) is 1.75. The summed E-state index contributed by atoms with van der Waals surface area (Å²) < 4.78 is 1.73. The molecule has 1 fully saturated rings. The maximum Gasteiger partial charge on any atom is 0.300 e. The van der Waals surface area contributed by atoms with E-state index in [1.54, 1.807) is 21.7 Å². The van der Waals surface area contributed by atoms with Gasteiger partial charge in [0.05, 0.1) is 11.4 Å². The predicted molar refractivity (Wildman–Crippen MR) is 117 cm³/mol. The summed E-state index contributed by atoms with van der Waals surface area (Å²) in [6.45, 7) is 4.71. The van der Waals surface area contributed by atoms with Crippen LogP contribution in [-0.4, -0.2) is 49.6 Å². The first-order valence-electron chi connectivity index (χ1n) is 9.85. The van der Waals surface area contributed by atoms with Crippen LogP contribution in [0.3, 0.4) is 0 Å². The second-order valence-electron chi connectivity index (χ2n) is 7.11. The van der Waals surface area contributed by atoms with Gasteiger partial charge in [-0.2, -0.15) is 5.10 Å². The number of para-hydroxylation sites is 1. The van der Waals surface area contributed by atoms with Gasteiger partial charge in [-0.3, -0.25) is 9.59 Å². The smallest absolute Gasteiger partial charge is 0.300 e. The Morgan fingerprint density at radius 2 is 2.06 bits per heavy atom. The Hall–Kier alpha value is -4.19. The van der Waals surface area contributed by atoms with Crippen molar-refractivity contribution in [2.45, 2.75) is 18.9 Å². The summed E-state index contributed by atoms with van der Waals surface area (Å²) in [5, 5.41) is 7.79. The van der Waals surface area contributed by atoms with Crippen molar-refractivity contribution in [1.82, 2.24) is 24.6 Å². The van der Waals surface area contributed by atoms with E-state index in [1.807, 2.05) is 18.2 Å². The average Bonchev–Trinajstić information content (AvgIpc) is 3.18. The van der Waals surface area contributed by atoms with Gasteiger partial charge in [0, 0.05) is 24.7 Å². The summed E-state index contributed by atoms with van der Waals surface area (Å²) in [6.07, 6.45) is 4.33. The van der Waals surface area contributed by atoms with Gasteiger partial charge in [0.25, 0.3) is 0 Å². The summed E-state index contributed by atoms with van der Waals surface area (Å²) in [6, 6.07) is 8.95. The molecule has 1 atom stereocenters. The zero-order valence-electron chi connectivity index (χ0n) is 16.8. The number of hydrogen-bond donors (Lipinski definition) is 2. The Labute approximate surface area is 179 Å². The van der Waals surface area contributed by atoms with Crippen LogP contribution in [0.15, 0.2) is 49.3 Å². The molecule has 3 heterocycles. The molecule has 3 aromatic rings. The lowest BCUT2D eigenvalue weighted by molar-refractivity contribution is -0.127. The number of hydrogen-bond acceptors (Lipinski definition) is 6. The molecule has 0 radical (unpaired) electrons. The van der Waals surface area contributed by atoms with Crippen LogP contribution >= 0.6 is 0 Å². The highest BCUT2D eigenvalue weighted by atomic mass is 16.2. The maximum absolute atomic E-state index is 12.2. The molecule has 1 aliphatic rings. The molecule has 0 spiro atoms. The van der Waals surface area contributed by atoms with E-state index in [1.165, 1.54) is 12.4 Å². The molecule has 156 valence electrons. The minimum Gasteiger partial charge on any atom is -0.383 e. The van der Waals surface area contributed by atoms with Gasteiger partial charge in [-0.15, -0.1) is 0 Å². The van der Waals surface area contributed by atoms with E-state index in [-0.39, 0.29) is 17.8 Å². The Kier molecular flexibility index (Phi) is 5.62. The first-order valence-corrected chi connectivity index (χ1v) is 9.85. The lowest BCUT2D eigenvalue weighted by Crippen LogP contribution is -2.40. The molecular formula is C22H21N7O2. The van der Waals surface area contributed by atoms with Crippen LogP contribution in [0.2, 0.25) is 0 Å². The molecule has 2 aromatic heterocycles. The molecule has 0 saturated carbocycles. The minimum absolute atomic E-state index is 0.0943. The molecule has 9 nitrogen and oxygen atoms in total. The number of nitrogens with two attached hydrogens (primary N) is 1. The van der Waals surface area contributed by atoms with Gasteiger partial charge in [0.2, 0.25) is 5.91 Å². The number of carbonyl (C=O) groups is 2. The number of likely N-dealkylation sites (tertiary alicyclic amines) is 1. The number of amides is 2. The Morgan fingerprint density at radius 1 is 1.26 bits per heavy atom. The number of fused-ring (bicyclic) bond motifs is 1. The molecule has 2 amide bonds. The molecule has 9 heteroatoms. The average molecular weight is 415 g/mol. The number of anilines is 2. The van der Waals surface area contributed by atoms with Crippen LogP contribution in [-0.2, 0) is 9.59 Å². The van der Waals surface area contributed by atoms with E-state index >= 15 is 0 Å². The van der Waals surface area contributed by atoms with Gasteiger partial charge in [-0.05, 0) is 37.0 Å². The SMILES string of the molecule is C=CC(=O)N1CCC[C@@H](n2nc(C#CC(=O)Nc3ccccc3)c3c(N)ncnc32)C1. The summed E-state index contributed by atoms with van der Waals surface area (Å²) in [4.78, 5) is 34.4. The van der Waals surface area contributed by atoms with Gasteiger partial charge in [0.15, 0.2) is 5.65 Å². The van der Waals surface area contributed by atoms with Crippen LogP contribution in [0.1, 0.15) is 24.6 Å². The number of piperidine rings is 1. The number of rotatable bonds is 3. The normalized spacial score (nSPS) is 15.7. The molecule has 0 bridgehead atoms. The molecule has 3 N–H and O–H groups in total. The third-order valence-corrected chi connectivity index (χ3v) is 5.07. The van der Waals surface area contributed by atoms with E-state index in [0.29, 0.717) is 35.5 Å². The van der Waals surface area contributed by atoms with E-state index in [0.717, 1.165) is 12.8 Å². The van der Waals surface area contributed by atoms with Crippen LogP contribution in [0.5, 0.6) is 0 Å². The van der Waals surface area contributed by atoms with Crippen LogP contribution < -0.4 is 11.1 Å². The van der Waals surface area contributed by atoms with Crippen molar-refractivity contribution in [3.05, 3.63) is 55.0 Å². The van der Waals surface area contributed by atoms with Gasteiger partial charge >= 0.3 is 5.91 Å². The minimum atomic E-state index is -0.468. The Balaban J connectivity index is 1.66. The monoisotopic (exact) mass is 415 g/mol. The van der Waals surface area contributed by atoms with Crippen molar-refractivity contribution >= 4 is 34.4 Å². The number of aromatic nitrogens is 4. The zero-order valence-corrected chi connectivity index (χ0v) is 16.8. The fraction of sp³-hybridized carbons (Fsp3) is 0.227. The van der Waals surface area contributed by atoms with E-state index in [9.17, 15) is 9.59 Å². The number of nitrogens with zero attached hydrogens (tertiary/aromatic N) is 5. The summed E-state index contributed by atoms with van der Waals surface area (Å²) in [7, 11) is 0. The summed E-state index contributed by atoms with van der Waals surface area (Å²) >= 11 is 0. The first-order chi connectivity index (χ1) is 15.1. The highest BCUT2D eigenvalue weighted by Crippen LogP contribution is 2.28. The van der Waals surface area contributed by atoms with Crippen molar-refractivity contribution < 1.29 is 9.59 Å². The molecular weight excluding hydrogens is 394 g/mol. The van der Waals surface area contributed by atoms with E-state index < -0.39 is 5.91 Å². The molecule has 1 aromatic carbocycles. The van der Waals surface area contributed by atoms with Gasteiger partial charge < -0.3 is 16.0 Å². The molecule has 1 aliphatic heterocycles. The van der Waals surface area contributed by atoms with E-state index in [4.69, 9.17) is 5.73 Å². The summed E-state index contributed by atoms with van der Waals surface area (Å²) in [5.41, 5.74) is 7.57. The van der Waals surface area contributed by atoms with Crippen molar-refractivity contribution in [2.75, 3.05) is 24.1 Å². The van der Waals surface area contributed by atoms with Crippen molar-refractivity contribution in [1.29, 1.82) is 0 Å². The number of nitrogens with one attached hydrogen (secondary N) is 1. The molecule has 0 aliphatic carbocycles. The van der Waals surface area contributed by atoms with Crippen LogP contribution in [0.25, 0.3) is 11.0 Å². The fourth-order valence-electron chi connectivity index (χ4n) is 3.62. The second kappa shape index (κ2) is 8.67. The van der Waals surface area contributed by atoms with Crippen molar-refractivity contribution in [3.8, 4) is 11.8 Å². The van der Waals surface area contributed by atoms with Crippen molar-refractivity contribution in [2.24, 2.45) is 0 Å². The topological polar surface area (TPSA) is 119 Å². The standard InChI is InChI=1S/C22H21N7O2/c1-2-19(31)28-12-6-9-16(13-28)29-22-20(21(23)24-14-25-22)17(27-29)10-11-18(30)26-15-7-4-3-5-8-15/h2-5,7-8,14,16H,1,6,9,12-13H2,(H,26,30)(H2,23,24,25)/t16-/m1/s1. The van der Waals surface area contributed by atoms with Crippen LogP contribution in [0, 0.1) is 11.8 Å². The van der Waals surface area contributed by atoms with Gasteiger partial charge in [0.1, 0.15) is 17.8 Å². The summed E-state index contributed by atoms with van der Waals surface area (Å²) in [5.74, 6) is 5.01. The molecule has 0 unspecified atom stereocenters. The fourth-order valence-corrected chi connectivity index (χ4v) is 3.62. The largest absolute Gasteiger partial charge is 0.383 e. The third-order valence-electron chi connectivity index (χ3n) is 5.07. The first kappa shape index (κ1) is 20.1. The Morgan fingerprint density at radius 3 is 2.84 bits per heavy atom. The zero-order chi connectivity index (χ0) is 21.8. The highest BCUT2D eigenvalue weighted by Gasteiger charge is 2.27.